The van der Waals surface area contributed by atoms with Gasteiger partial charge < -0.3 is 0 Å². The molecule has 124 valence electrons. The topological polar surface area (TPSA) is 0 Å². The maximum Gasteiger partial charge on any atom is 0.0806 e. The molecule has 0 bridgehead atoms. The van der Waals surface area contributed by atoms with Crippen LogP contribution in [0, 0.1) is 23.7 Å². The van der Waals surface area contributed by atoms with Crippen molar-refractivity contribution in [3.8, 4) is 0 Å². The first-order chi connectivity index (χ1) is 10.8. The molecule has 0 aliphatic heterocycles. The molecule has 4 saturated carbocycles. The van der Waals surface area contributed by atoms with Gasteiger partial charge in [0.15, 0.2) is 0 Å². The average molecular weight is 317 g/mol. The van der Waals surface area contributed by atoms with E-state index < -0.39 is 8.07 Å². The smallest absolute Gasteiger partial charge is 0.0806 e. The van der Waals surface area contributed by atoms with E-state index in [2.05, 4.69) is 18.8 Å². The highest BCUT2D eigenvalue weighted by molar-refractivity contribution is 6.86. The molecule has 1 heteroatoms. The molecule has 0 radical (unpaired) electrons. The Bertz CT molecular complexity index is 388. The molecule has 0 spiro atoms. The molecular weight excluding hydrogens is 280 g/mol. The van der Waals surface area contributed by atoms with Gasteiger partial charge in [-0.3, -0.25) is 0 Å². The second-order valence-corrected chi connectivity index (χ2v) is 13.9. The monoisotopic (exact) mass is 316 g/mol. The lowest BCUT2D eigenvalue weighted by Crippen LogP contribution is -2.44. The quantitative estimate of drug-likeness (QED) is 0.506. The van der Waals surface area contributed by atoms with Crippen LogP contribution < -0.4 is 0 Å². The van der Waals surface area contributed by atoms with Gasteiger partial charge in [0.1, 0.15) is 0 Å². The summed E-state index contributed by atoms with van der Waals surface area (Å²) in [5.41, 5.74) is 4.78. The van der Waals surface area contributed by atoms with Crippen LogP contribution in [0.2, 0.25) is 17.6 Å². The second kappa shape index (κ2) is 6.11. The Labute approximate surface area is 139 Å². The molecule has 5 atom stereocenters. The average Bonchev–Trinajstić information content (AvgIpc) is 3.21. The van der Waals surface area contributed by atoms with Gasteiger partial charge in [0.25, 0.3) is 0 Å². The maximum absolute atomic E-state index is 4.46. The van der Waals surface area contributed by atoms with Gasteiger partial charge in [0.2, 0.25) is 0 Å². The van der Waals surface area contributed by atoms with Gasteiger partial charge in [-0.05, 0) is 47.6 Å². The molecular formula is C21H36Si. The summed E-state index contributed by atoms with van der Waals surface area (Å²) in [6, 6.07) is 0. The highest BCUT2D eigenvalue weighted by Gasteiger charge is 2.58. The summed E-state index contributed by atoms with van der Waals surface area (Å²) in [5, 5.41) is 0. The number of hydrogen-bond donors (Lipinski definition) is 0. The summed E-state index contributed by atoms with van der Waals surface area (Å²) in [6.07, 6.45) is 18.5. The van der Waals surface area contributed by atoms with Crippen molar-refractivity contribution >= 4 is 8.07 Å². The van der Waals surface area contributed by atoms with E-state index in [9.17, 15) is 0 Å². The predicted molar refractivity (Wildman–Crippen MR) is 98.7 cm³/mol. The minimum Gasteiger partial charge on any atom is -0.107 e. The van der Waals surface area contributed by atoms with Crippen LogP contribution in [-0.4, -0.2) is 8.07 Å². The summed E-state index contributed by atoms with van der Waals surface area (Å²) in [6.45, 7) is 7.23. The highest BCUT2D eigenvalue weighted by atomic mass is 28.3. The molecule has 4 fully saturated rings. The highest BCUT2D eigenvalue weighted by Crippen LogP contribution is 2.65. The molecule has 22 heavy (non-hydrogen) atoms. The van der Waals surface area contributed by atoms with Crippen molar-refractivity contribution in [2.75, 3.05) is 0 Å². The van der Waals surface area contributed by atoms with E-state index >= 15 is 0 Å². The van der Waals surface area contributed by atoms with Crippen LogP contribution in [0.3, 0.4) is 0 Å². The largest absolute Gasteiger partial charge is 0.107 e. The molecule has 4 aliphatic rings. The lowest BCUT2D eigenvalue weighted by Gasteiger charge is -2.44. The second-order valence-electron chi connectivity index (χ2n) is 9.30. The maximum atomic E-state index is 4.46. The van der Waals surface area contributed by atoms with Gasteiger partial charge in [-0.15, -0.1) is 12.3 Å². The van der Waals surface area contributed by atoms with Crippen molar-refractivity contribution < 1.29 is 0 Å². The number of hydrogen-bond acceptors (Lipinski definition) is 0. The van der Waals surface area contributed by atoms with Gasteiger partial charge in [0.05, 0.1) is 8.07 Å². The van der Waals surface area contributed by atoms with Crippen LogP contribution in [0.4, 0.5) is 0 Å². The van der Waals surface area contributed by atoms with Crippen molar-refractivity contribution in [1.29, 1.82) is 0 Å². The lowest BCUT2D eigenvalue weighted by molar-refractivity contribution is 0.184. The van der Waals surface area contributed by atoms with Crippen LogP contribution in [0.1, 0.15) is 77.0 Å². The van der Waals surface area contributed by atoms with E-state index in [1.165, 1.54) is 38.5 Å². The van der Waals surface area contributed by atoms with Crippen LogP contribution >= 0.6 is 0 Å². The Kier molecular flexibility index (Phi) is 4.30. The molecule has 0 saturated heterocycles. The normalized spacial score (nSPS) is 45.0. The Morgan fingerprint density at radius 1 is 0.682 bits per heavy atom. The fourth-order valence-electron chi connectivity index (χ4n) is 7.69. The van der Waals surface area contributed by atoms with Crippen molar-refractivity contribution in [3.63, 3.8) is 0 Å². The molecule has 0 nitrogen and oxygen atoms in total. The zero-order valence-electron chi connectivity index (χ0n) is 14.7. The van der Waals surface area contributed by atoms with Gasteiger partial charge in [-0.25, -0.2) is 0 Å². The van der Waals surface area contributed by atoms with Crippen molar-refractivity contribution in [2.24, 2.45) is 23.7 Å². The standard InChI is InChI=1S/C21H36Si/c1-3-22(2,16-10-4-5-11-16)21-19-14-8-6-12-17(19)18-13-7-9-15-20(18)21/h3,16-21H,1,4-15H2,2H3. The lowest BCUT2D eigenvalue weighted by atomic mass is 9.73. The third-order valence-corrected chi connectivity index (χ3v) is 14.1. The van der Waals surface area contributed by atoms with Gasteiger partial charge in [-0.2, -0.15) is 0 Å². The van der Waals surface area contributed by atoms with E-state index in [1.807, 2.05) is 0 Å². The van der Waals surface area contributed by atoms with E-state index in [0.29, 0.717) is 0 Å². The fraction of sp³-hybridized carbons (Fsp3) is 0.905. The van der Waals surface area contributed by atoms with Crippen molar-refractivity contribution in [1.82, 2.24) is 0 Å². The minimum absolute atomic E-state index is 1.08. The van der Waals surface area contributed by atoms with Gasteiger partial charge in [-0.1, -0.05) is 70.8 Å². The Morgan fingerprint density at radius 2 is 1.09 bits per heavy atom. The van der Waals surface area contributed by atoms with Crippen LogP contribution in [0.5, 0.6) is 0 Å². The molecule has 0 N–H and O–H groups in total. The van der Waals surface area contributed by atoms with Crippen molar-refractivity contribution in [3.05, 3.63) is 12.3 Å². The Morgan fingerprint density at radius 3 is 1.55 bits per heavy atom. The molecule has 0 aromatic heterocycles. The summed E-state index contributed by atoms with van der Waals surface area (Å²) in [4.78, 5) is 0. The molecule has 4 rings (SSSR count). The minimum atomic E-state index is -1.31. The van der Waals surface area contributed by atoms with Crippen LogP contribution in [0.15, 0.2) is 12.3 Å². The summed E-state index contributed by atoms with van der Waals surface area (Å²) in [7, 11) is -1.31. The molecule has 0 aromatic carbocycles. The molecule has 0 amide bonds. The number of rotatable bonds is 3. The Balaban J connectivity index is 1.68. The molecule has 4 aliphatic carbocycles. The third-order valence-electron chi connectivity index (χ3n) is 8.62. The van der Waals surface area contributed by atoms with E-state index in [1.54, 1.807) is 38.5 Å². The van der Waals surface area contributed by atoms with E-state index in [-0.39, 0.29) is 0 Å². The summed E-state index contributed by atoms with van der Waals surface area (Å²) < 4.78 is 0. The zero-order valence-corrected chi connectivity index (χ0v) is 15.7. The van der Waals surface area contributed by atoms with Crippen LogP contribution in [-0.2, 0) is 0 Å². The fourth-order valence-corrected chi connectivity index (χ4v) is 13.2. The van der Waals surface area contributed by atoms with E-state index in [4.69, 9.17) is 0 Å². The third kappa shape index (κ3) is 2.29. The first-order valence-corrected chi connectivity index (χ1v) is 13.1. The predicted octanol–water partition coefficient (Wildman–Crippen LogP) is 6.73. The molecule has 0 aromatic rings. The van der Waals surface area contributed by atoms with Crippen LogP contribution in [0.25, 0.3) is 0 Å². The van der Waals surface area contributed by atoms with E-state index in [0.717, 1.165) is 34.8 Å². The van der Waals surface area contributed by atoms with Crippen molar-refractivity contribution in [2.45, 2.75) is 94.7 Å². The first kappa shape index (κ1) is 15.5. The molecule has 0 heterocycles. The van der Waals surface area contributed by atoms with Gasteiger partial charge in [0, 0.05) is 0 Å². The van der Waals surface area contributed by atoms with Gasteiger partial charge >= 0.3 is 0 Å². The first-order valence-electron chi connectivity index (χ1n) is 10.4. The summed E-state index contributed by atoms with van der Waals surface area (Å²) >= 11 is 0. The summed E-state index contributed by atoms with van der Waals surface area (Å²) in [5.74, 6) is 4.46. The Hall–Kier alpha value is -0.0431. The SMILES string of the molecule is C=C[Si](C)(C1CCCC1)C1C2CCCCC2C2CCCCC21. The number of fused-ring (bicyclic) bond motifs is 3. The molecule has 5 unspecified atom stereocenters. The zero-order chi connectivity index (χ0) is 15.2.